The predicted molar refractivity (Wildman–Crippen MR) is 49.1 cm³/mol. The molecule has 0 spiro atoms. The molecule has 1 aliphatic rings. The molecule has 5 heteroatoms. The molecule has 0 amide bonds. The minimum atomic E-state index is -3.32. The molecule has 2 nitrogen and oxygen atoms in total. The van der Waals surface area contributed by atoms with Gasteiger partial charge in [-0.25, -0.2) is 13.2 Å². The second kappa shape index (κ2) is 4.06. The lowest BCUT2D eigenvalue weighted by Gasteiger charge is -2.30. The van der Waals surface area contributed by atoms with Gasteiger partial charge in [0.15, 0.2) is 5.67 Å². The van der Waals surface area contributed by atoms with Gasteiger partial charge in [-0.3, -0.25) is 0 Å². The highest BCUT2D eigenvalue weighted by Crippen LogP contribution is 2.38. The van der Waals surface area contributed by atoms with Crippen molar-refractivity contribution in [3.8, 4) is 0 Å². The van der Waals surface area contributed by atoms with Crippen LogP contribution < -0.4 is 11.1 Å². The Kier molecular flexibility index (Phi) is 3.42. The highest BCUT2D eigenvalue weighted by molar-refractivity contribution is 4.93. The molecule has 3 N–H and O–H groups in total. The van der Waals surface area contributed by atoms with Crippen molar-refractivity contribution in [3.63, 3.8) is 0 Å². The average molecular weight is 210 g/mol. The first-order chi connectivity index (χ1) is 6.39. The molecule has 2 atom stereocenters. The lowest BCUT2D eigenvalue weighted by atomic mass is 9.90. The van der Waals surface area contributed by atoms with E-state index >= 15 is 0 Å². The second-order valence-electron chi connectivity index (χ2n) is 4.17. The van der Waals surface area contributed by atoms with Crippen molar-refractivity contribution >= 4 is 0 Å². The standard InChI is InChI=1S/C9H17F3N2/c1-8(10,6-13)9(11,12)4-7-2-3-14-5-7/h7,14H,2-6,13H2,1H3. The third-order valence-corrected chi connectivity index (χ3v) is 2.85. The van der Waals surface area contributed by atoms with Gasteiger partial charge < -0.3 is 11.1 Å². The zero-order chi connectivity index (χ0) is 10.8. The number of hydrogen-bond acceptors (Lipinski definition) is 2. The molecular weight excluding hydrogens is 193 g/mol. The van der Waals surface area contributed by atoms with E-state index < -0.39 is 24.6 Å². The first kappa shape index (κ1) is 11.8. The number of rotatable bonds is 4. The van der Waals surface area contributed by atoms with Gasteiger partial charge in [0, 0.05) is 13.0 Å². The molecule has 1 saturated heterocycles. The fourth-order valence-electron chi connectivity index (χ4n) is 1.61. The van der Waals surface area contributed by atoms with Crippen molar-refractivity contribution in [3.05, 3.63) is 0 Å². The number of halogens is 3. The summed E-state index contributed by atoms with van der Waals surface area (Å²) < 4.78 is 40.1. The number of hydrogen-bond donors (Lipinski definition) is 2. The molecule has 84 valence electrons. The van der Waals surface area contributed by atoms with Gasteiger partial charge in [-0.1, -0.05) is 0 Å². The predicted octanol–water partition coefficient (Wildman–Crippen LogP) is 1.31. The van der Waals surface area contributed by atoms with Crippen molar-refractivity contribution in [1.29, 1.82) is 0 Å². The Morgan fingerprint density at radius 1 is 1.43 bits per heavy atom. The van der Waals surface area contributed by atoms with Crippen molar-refractivity contribution < 1.29 is 13.2 Å². The quantitative estimate of drug-likeness (QED) is 0.734. The van der Waals surface area contributed by atoms with E-state index in [1.165, 1.54) is 0 Å². The lowest BCUT2D eigenvalue weighted by Crippen LogP contribution is -2.48. The third kappa shape index (κ3) is 2.39. The molecule has 0 aromatic rings. The van der Waals surface area contributed by atoms with Gasteiger partial charge in [-0.15, -0.1) is 0 Å². The molecule has 1 heterocycles. The maximum atomic E-state index is 13.4. The Hall–Kier alpha value is -0.290. The molecule has 0 saturated carbocycles. The van der Waals surface area contributed by atoms with E-state index in [2.05, 4.69) is 5.32 Å². The molecular formula is C9H17F3N2. The Morgan fingerprint density at radius 2 is 2.07 bits per heavy atom. The van der Waals surface area contributed by atoms with Gasteiger partial charge >= 0.3 is 0 Å². The van der Waals surface area contributed by atoms with Gasteiger partial charge in [0.2, 0.25) is 0 Å². The number of nitrogens with two attached hydrogens (primary N) is 1. The fraction of sp³-hybridized carbons (Fsp3) is 1.00. The van der Waals surface area contributed by atoms with Crippen LogP contribution in [0, 0.1) is 5.92 Å². The normalized spacial score (nSPS) is 27.6. The van der Waals surface area contributed by atoms with Crippen LogP contribution in [0.3, 0.4) is 0 Å². The van der Waals surface area contributed by atoms with Crippen molar-refractivity contribution in [2.45, 2.75) is 31.4 Å². The molecule has 1 fully saturated rings. The van der Waals surface area contributed by atoms with E-state index in [1.807, 2.05) is 0 Å². The first-order valence-corrected chi connectivity index (χ1v) is 4.86. The maximum Gasteiger partial charge on any atom is 0.282 e. The summed E-state index contributed by atoms with van der Waals surface area (Å²) in [6.45, 7) is 1.53. The molecule has 0 aromatic carbocycles. The van der Waals surface area contributed by atoms with Gasteiger partial charge in [0.05, 0.1) is 0 Å². The summed E-state index contributed by atoms with van der Waals surface area (Å²) in [6.07, 6.45) is 0.278. The Bertz CT molecular complexity index is 188. The summed E-state index contributed by atoms with van der Waals surface area (Å²) in [7, 11) is 0. The Balaban J connectivity index is 2.55. The highest BCUT2D eigenvalue weighted by Gasteiger charge is 2.51. The van der Waals surface area contributed by atoms with Crippen LogP contribution in [0.2, 0.25) is 0 Å². The van der Waals surface area contributed by atoms with E-state index in [-0.39, 0.29) is 5.92 Å². The van der Waals surface area contributed by atoms with E-state index in [1.54, 1.807) is 0 Å². The van der Waals surface area contributed by atoms with Gasteiger partial charge in [0.1, 0.15) is 0 Å². The molecule has 0 bridgehead atoms. The van der Waals surface area contributed by atoms with Crippen molar-refractivity contribution in [2.75, 3.05) is 19.6 Å². The van der Waals surface area contributed by atoms with Crippen LogP contribution in [0.4, 0.5) is 13.2 Å². The Labute approximate surface area is 82.0 Å². The maximum absolute atomic E-state index is 13.4. The third-order valence-electron chi connectivity index (χ3n) is 2.85. The molecule has 1 rings (SSSR count). The summed E-state index contributed by atoms with van der Waals surface area (Å²) in [5, 5.41) is 2.98. The number of nitrogens with one attached hydrogen (secondary N) is 1. The van der Waals surface area contributed by atoms with Crippen LogP contribution in [0.5, 0.6) is 0 Å². The van der Waals surface area contributed by atoms with Gasteiger partial charge in [-0.05, 0) is 32.4 Å². The van der Waals surface area contributed by atoms with Crippen molar-refractivity contribution in [1.82, 2.24) is 5.32 Å². The van der Waals surface area contributed by atoms with E-state index in [0.29, 0.717) is 13.0 Å². The summed E-state index contributed by atoms with van der Waals surface area (Å²) >= 11 is 0. The van der Waals surface area contributed by atoms with Gasteiger partial charge in [0.25, 0.3) is 5.92 Å². The minimum absolute atomic E-state index is 0.133. The summed E-state index contributed by atoms with van der Waals surface area (Å²) in [5.41, 5.74) is 2.41. The van der Waals surface area contributed by atoms with E-state index in [9.17, 15) is 13.2 Å². The molecule has 0 aromatic heterocycles. The van der Waals surface area contributed by atoms with Crippen molar-refractivity contribution in [2.24, 2.45) is 11.7 Å². The summed E-state index contributed by atoms with van der Waals surface area (Å²) in [5.74, 6) is -3.45. The molecule has 0 aliphatic carbocycles. The van der Waals surface area contributed by atoms with Crippen LogP contribution in [-0.4, -0.2) is 31.2 Å². The monoisotopic (exact) mass is 210 g/mol. The zero-order valence-electron chi connectivity index (χ0n) is 8.32. The van der Waals surface area contributed by atoms with Crippen LogP contribution in [-0.2, 0) is 0 Å². The van der Waals surface area contributed by atoms with Crippen LogP contribution in [0.1, 0.15) is 19.8 Å². The lowest BCUT2D eigenvalue weighted by molar-refractivity contribution is -0.136. The largest absolute Gasteiger partial charge is 0.327 e. The van der Waals surface area contributed by atoms with E-state index in [0.717, 1.165) is 13.5 Å². The molecule has 1 aliphatic heterocycles. The SMILES string of the molecule is CC(F)(CN)C(F)(F)CC1CCNC1. The van der Waals surface area contributed by atoms with E-state index in [4.69, 9.17) is 5.73 Å². The Morgan fingerprint density at radius 3 is 2.50 bits per heavy atom. The smallest absolute Gasteiger partial charge is 0.282 e. The van der Waals surface area contributed by atoms with Crippen LogP contribution in [0.15, 0.2) is 0 Å². The second-order valence-corrected chi connectivity index (χ2v) is 4.17. The summed E-state index contributed by atoms with van der Waals surface area (Å²) in [4.78, 5) is 0. The molecule has 2 unspecified atom stereocenters. The molecule has 14 heavy (non-hydrogen) atoms. The highest BCUT2D eigenvalue weighted by atomic mass is 19.3. The average Bonchev–Trinajstić information content (AvgIpc) is 2.55. The minimum Gasteiger partial charge on any atom is -0.327 e. The zero-order valence-corrected chi connectivity index (χ0v) is 8.32. The number of alkyl halides is 3. The summed E-state index contributed by atoms with van der Waals surface area (Å²) in [6, 6.07) is 0. The fourth-order valence-corrected chi connectivity index (χ4v) is 1.61. The van der Waals surface area contributed by atoms with Gasteiger partial charge in [-0.2, -0.15) is 0 Å². The van der Waals surface area contributed by atoms with Crippen LogP contribution >= 0.6 is 0 Å². The topological polar surface area (TPSA) is 38.0 Å². The molecule has 0 radical (unpaired) electrons. The van der Waals surface area contributed by atoms with Crippen LogP contribution in [0.25, 0.3) is 0 Å². The first-order valence-electron chi connectivity index (χ1n) is 4.86.